The first-order chi connectivity index (χ1) is 9.26. The van der Waals surface area contributed by atoms with Crippen LogP contribution in [0.15, 0.2) is 42.6 Å². The lowest BCUT2D eigenvalue weighted by Gasteiger charge is -2.06. The van der Waals surface area contributed by atoms with Gasteiger partial charge in [0, 0.05) is 36.0 Å². The zero-order chi connectivity index (χ0) is 13.2. The molecular weight excluding hydrogens is 236 g/mol. The summed E-state index contributed by atoms with van der Waals surface area (Å²) in [5.74, 6) is 1.51. The number of benzene rings is 1. The lowest BCUT2D eigenvalue weighted by atomic mass is 10.1. The largest absolute Gasteiger partial charge is 0.373 e. The van der Waals surface area contributed by atoms with Gasteiger partial charge in [0.1, 0.15) is 5.82 Å². The van der Waals surface area contributed by atoms with E-state index in [0.29, 0.717) is 5.82 Å². The fraction of sp³-hybridized carbons (Fsp3) is 0.133. The monoisotopic (exact) mass is 250 g/mol. The Kier molecular flexibility index (Phi) is 2.83. The van der Waals surface area contributed by atoms with Crippen molar-refractivity contribution in [1.82, 2.24) is 15.0 Å². The molecule has 2 aromatic heterocycles. The van der Waals surface area contributed by atoms with E-state index in [1.165, 1.54) is 0 Å². The minimum absolute atomic E-state index is 0.697. The predicted octanol–water partition coefficient (Wildman–Crippen LogP) is 3.04. The molecule has 1 aromatic carbocycles. The number of aromatic nitrogens is 3. The molecule has 0 radical (unpaired) electrons. The lowest BCUT2D eigenvalue weighted by Crippen LogP contribution is -1.98. The van der Waals surface area contributed by atoms with Gasteiger partial charge in [-0.2, -0.15) is 0 Å². The van der Waals surface area contributed by atoms with E-state index in [2.05, 4.69) is 26.3 Å². The number of hydrogen-bond donors (Lipinski definition) is 1. The van der Waals surface area contributed by atoms with Crippen LogP contribution in [0.4, 0.5) is 5.82 Å². The van der Waals surface area contributed by atoms with Crippen molar-refractivity contribution in [2.24, 2.45) is 0 Å². The molecule has 2 heterocycles. The number of hydrogen-bond acceptors (Lipinski definition) is 4. The highest BCUT2D eigenvalue weighted by Gasteiger charge is 2.06. The van der Waals surface area contributed by atoms with Crippen LogP contribution in [0.1, 0.15) is 5.69 Å². The molecule has 1 N–H and O–H groups in total. The molecule has 0 amide bonds. The van der Waals surface area contributed by atoms with Crippen LogP contribution in [0, 0.1) is 6.92 Å². The first kappa shape index (κ1) is 11.6. The number of aryl methyl sites for hydroxylation is 1. The maximum Gasteiger partial charge on any atom is 0.163 e. The van der Waals surface area contributed by atoms with Gasteiger partial charge in [0.15, 0.2) is 5.82 Å². The minimum Gasteiger partial charge on any atom is -0.373 e. The quantitative estimate of drug-likeness (QED) is 0.759. The molecule has 0 fully saturated rings. The molecule has 0 saturated carbocycles. The standard InChI is InChI=1S/C15H14N4/c1-10-7-14(16-2)19-15(18-10)12-8-11-5-3-4-6-13(11)17-9-12/h3-9H,1-2H3,(H,16,18,19). The van der Waals surface area contributed by atoms with E-state index in [-0.39, 0.29) is 0 Å². The number of pyridine rings is 1. The van der Waals surface area contributed by atoms with Gasteiger partial charge in [-0.15, -0.1) is 0 Å². The van der Waals surface area contributed by atoms with Gasteiger partial charge in [-0.25, -0.2) is 9.97 Å². The number of fused-ring (bicyclic) bond motifs is 1. The molecule has 0 bridgehead atoms. The highest BCUT2D eigenvalue weighted by atomic mass is 15.0. The Bertz CT molecular complexity index is 737. The number of nitrogens with zero attached hydrogens (tertiary/aromatic N) is 3. The first-order valence-corrected chi connectivity index (χ1v) is 6.15. The fourth-order valence-corrected chi connectivity index (χ4v) is 2.02. The van der Waals surface area contributed by atoms with Crippen molar-refractivity contribution in [3.63, 3.8) is 0 Å². The summed E-state index contributed by atoms with van der Waals surface area (Å²) in [4.78, 5) is 13.4. The second-order valence-electron chi connectivity index (χ2n) is 4.38. The Morgan fingerprint density at radius 3 is 2.74 bits per heavy atom. The summed E-state index contributed by atoms with van der Waals surface area (Å²) in [7, 11) is 1.85. The maximum absolute atomic E-state index is 4.47. The normalized spacial score (nSPS) is 10.6. The second kappa shape index (κ2) is 4.65. The van der Waals surface area contributed by atoms with Gasteiger partial charge in [0.05, 0.1) is 5.52 Å². The molecule has 0 unspecified atom stereocenters. The van der Waals surface area contributed by atoms with Crippen LogP contribution < -0.4 is 5.32 Å². The van der Waals surface area contributed by atoms with Gasteiger partial charge in [0.2, 0.25) is 0 Å². The average Bonchev–Trinajstić information content (AvgIpc) is 2.46. The molecule has 0 saturated heterocycles. The van der Waals surface area contributed by atoms with Crippen molar-refractivity contribution < 1.29 is 0 Å². The summed E-state index contributed by atoms with van der Waals surface area (Å²) in [6, 6.07) is 12.0. The summed E-state index contributed by atoms with van der Waals surface area (Å²) >= 11 is 0. The summed E-state index contributed by atoms with van der Waals surface area (Å²) in [6.45, 7) is 1.96. The van der Waals surface area contributed by atoms with Crippen molar-refractivity contribution in [3.05, 3.63) is 48.3 Å². The van der Waals surface area contributed by atoms with E-state index in [1.54, 1.807) is 0 Å². The fourth-order valence-electron chi connectivity index (χ4n) is 2.02. The van der Waals surface area contributed by atoms with Crippen molar-refractivity contribution >= 4 is 16.7 Å². The Morgan fingerprint density at radius 1 is 1.05 bits per heavy atom. The molecule has 0 atom stereocenters. The third-order valence-corrected chi connectivity index (χ3v) is 2.96. The van der Waals surface area contributed by atoms with Gasteiger partial charge < -0.3 is 5.32 Å². The van der Waals surface area contributed by atoms with Crippen LogP contribution in [-0.4, -0.2) is 22.0 Å². The molecule has 0 aliphatic carbocycles. The average molecular weight is 250 g/mol. The van der Waals surface area contributed by atoms with Crippen LogP contribution >= 0.6 is 0 Å². The van der Waals surface area contributed by atoms with E-state index in [0.717, 1.165) is 28.0 Å². The van der Waals surface area contributed by atoms with Crippen molar-refractivity contribution in [1.29, 1.82) is 0 Å². The topological polar surface area (TPSA) is 50.7 Å². The van der Waals surface area contributed by atoms with E-state index in [1.807, 2.05) is 50.5 Å². The smallest absolute Gasteiger partial charge is 0.163 e. The van der Waals surface area contributed by atoms with Gasteiger partial charge in [0.25, 0.3) is 0 Å². The summed E-state index contributed by atoms with van der Waals surface area (Å²) in [5, 5.41) is 4.14. The SMILES string of the molecule is CNc1cc(C)nc(-c2cnc3ccccc3c2)n1. The molecule has 0 aliphatic rings. The molecule has 3 rings (SSSR count). The summed E-state index contributed by atoms with van der Waals surface area (Å²) < 4.78 is 0. The number of para-hydroxylation sites is 1. The zero-order valence-corrected chi connectivity index (χ0v) is 10.9. The molecule has 0 aliphatic heterocycles. The zero-order valence-electron chi connectivity index (χ0n) is 10.9. The van der Waals surface area contributed by atoms with E-state index in [4.69, 9.17) is 0 Å². The Labute approximate surface area is 111 Å². The minimum atomic E-state index is 0.697. The van der Waals surface area contributed by atoms with Crippen LogP contribution in [0.3, 0.4) is 0 Å². The summed E-state index contributed by atoms with van der Waals surface area (Å²) in [6.07, 6.45) is 1.82. The summed E-state index contributed by atoms with van der Waals surface area (Å²) in [5.41, 5.74) is 2.84. The number of rotatable bonds is 2. The van der Waals surface area contributed by atoms with E-state index >= 15 is 0 Å². The van der Waals surface area contributed by atoms with Gasteiger partial charge in [-0.3, -0.25) is 4.98 Å². The first-order valence-electron chi connectivity index (χ1n) is 6.15. The van der Waals surface area contributed by atoms with Crippen LogP contribution in [0.25, 0.3) is 22.3 Å². The van der Waals surface area contributed by atoms with Crippen LogP contribution in [0.5, 0.6) is 0 Å². The molecule has 0 spiro atoms. The maximum atomic E-state index is 4.47. The third-order valence-electron chi connectivity index (χ3n) is 2.96. The number of nitrogens with one attached hydrogen (secondary N) is 1. The van der Waals surface area contributed by atoms with Crippen molar-refractivity contribution in [2.75, 3.05) is 12.4 Å². The lowest BCUT2D eigenvalue weighted by molar-refractivity contribution is 1.10. The highest BCUT2D eigenvalue weighted by molar-refractivity contribution is 5.82. The molecule has 19 heavy (non-hydrogen) atoms. The van der Waals surface area contributed by atoms with E-state index in [9.17, 15) is 0 Å². The molecule has 3 aromatic rings. The van der Waals surface area contributed by atoms with Gasteiger partial charge >= 0.3 is 0 Å². The van der Waals surface area contributed by atoms with Gasteiger partial charge in [-0.1, -0.05) is 18.2 Å². The van der Waals surface area contributed by atoms with Crippen LogP contribution in [0.2, 0.25) is 0 Å². The molecule has 94 valence electrons. The Balaban J connectivity index is 2.15. The van der Waals surface area contributed by atoms with Crippen molar-refractivity contribution in [3.8, 4) is 11.4 Å². The second-order valence-corrected chi connectivity index (χ2v) is 4.38. The molecule has 4 heteroatoms. The molecular formula is C15H14N4. The van der Waals surface area contributed by atoms with Gasteiger partial charge in [-0.05, 0) is 19.1 Å². The van der Waals surface area contributed by atoms with Crippen molar-refractivity contribution in [2.45, 2.75) is 6.92 Å². The van der Waals surface area contributed by atoms with E-state index < -0.39 is 0 Å². The Morgan fingerprint density at radius 2 is 1.89 bits per heavy atom. The Hall–Kier alpha value is -2.49. The molecule has 4 nitrogen and oxygen atoms in total. The number of anilines is 1. The predicted molar refractivity (Wildman–Crippen MR) is 77.1 cm³/mol. The third kappa shape index (κ3) is 2.25. The highest BCUT2D eigenvalue weighted by Crippen LogP contribution is 2.21. The van der Waals surface area contributed by atoms with Crippen LogP contribution in [-0.2, 0) is 0 Å².